The van der Waals surface area contributed by atoms with E-state index in [-0.39, 0.29) is 12.6 Å². The molecular formula is C12H14N2O2S2. The topological polar surface area (TPSA) is 42.4 Å². The summed E-state index contributed by atoms with van der Waals surface area (Å²) in [6.07, 6.45) is 0. The lowest BCUT2D eigenvalue weighted by atomic mass is 10.4. The SMILES string of the molecule is C=C(C)COC(=O)c1cc2sc(N(C)C)nc2s1. The number of thiazole rings is 1. The summed E-state index contributed by atoms with van der Waals surface area (Å²) in [6.45, 7) is 5.78. The Labute approximate surface area is 114 Å². The van der Waals surface area contributed by atoms with Crippen LogP contribution < -0.4 is 4.90 Å². The number of hydrogen-bond donors (Lipinski definition) is 0. The smallest absolute Gasteiger partial charge is 0.348 e. The van der Waals surface area contributed by atoms with Crippen LogP contribution in [0.4, 0.5) is 5.13 Å². The maximum Gasteiger partial charge on any atom is 0.348 e. The van der Waals surface area contributed by atoms with E-state index in [0.717, 1.165) is 20.2 Å². The van der Waals surface area contributed by atoms with Crippen LogP contribution in [0, 0.1) is 0 Å². The van der Waals surface area contributed by atoms with Crippen LogP contribution in [0.15, 0.2) is 18.2 Å². The van der Waals surface area contributed by atoms with Crippen molar-refractivity contribution < 1.29 is 9.53 Å². The molecule has 2 heterocycles. The van der Waals surface area contributed by atoms with Crippen LogP contribution >= 0.6 is 22.7 Å². The zero-order valence-corrected chi connectivity index (χ0v) is 12.2. The van der Waals surface area contributed by atoms with Crippen LogP contribution in [0.1, 0.15) is 16.6 Å². The van der Waals surface area contributed by atoms with E-state index in [0.29, 0.717) is 4.88 Å². The molecule has 0 unspecified atom stereocenters. The maximum absolute atomic E-state index is 11.7. The Morgan fingerprint density at radius 2 is 2.22 bits per heavy atom. The molecule has 0 spiro atoms. The van der Waals surface area contributed by atoms with Crippen molar-refractivity contribution in [1.82, 2.24) is 4.98 Å². The third kappa shape index (κ3) is 2.70. The number of ether oxygens (including phenoxy) is 1. The summed E-state index contributed by atoms with van der Waals surface area (Å²) in [5.74, 6) is -0.306. The lowest BCUT2D eigenvalue weighted by molar-refractivity contribution is 0.0546. The molecule has 0 aliphatic carbocycles. The van der Waals surface area contributed by atoms with Crippen molar-refractivity contribution in [2.24, 2.45) is 0 Å². The van der Waals surface area contributed by atoms with Gasteiger partial charge in [-0.05, 0) is 18.6 Å². The summed E-state index contributed by atoms with van der Waals surface area (Å²) < 4.78 is 6.12. The number of hydrogen-bond acceptors (Lipinski definition) is 6. The summed E-state index contributed by atoms with van der Waals surface area (Å²) in [5.41, 5.74) is 0.828. The average Bonchev–Trinajstić information content (AvgIpc) is 2.82. The average molecular weight is 282 g/mol. The second kappa shape index (κ2) is 5.07. The van der Waals surface area contributed by atoms with E-state index in [1.165, 1.54) is 11.3 Å². The summed E-state index contributed by atoms with van der Waals surface area (Å²) in [6, 6.07) is 1.84. The van der Waals surface area contributed by atoms with E-state index in [2.05, 4.69) is 11.6 Å². The third-order valence-corrected chi connectivity index (χ3v) is 4.42. The van der Waals surface area contributed by atoms with Gasteiger partial charge in [0.05, 0.1) is 4.70 Å². The van der Waals surface area contributed by atoms with Gasteiger partial charge in [0, 0.05) is 14.1 Å². The molecule has 0 fully saturated rings. The van der Waals surface area contributed by atoms with Gasteiger partial charge in [-0.25, -0.2) is 9.78 Å². The molecule has 0 aliphatic heterocycles. The lowest BCUT2D eigenvalue weighted by Gasteiger charge is -2.05. The van der Waals surface area contributed by atoms with E-state index in [1.54, 1.807) is 11.3 Å². The van der Waals surface area contributed by atoms with Gasteiger partial charge in [-0.2, -0.15) is 0 Å². The minimum atomic E-state index is -0.306. The molecule has 0 bridgehead atoms. The highest BCUT2D eigenvalue weighted by molar-refractivity contribution is 7.29. The number of nitrogens with zero attached hydrogens (tertiary/aromatic N) is 2. The molecule has 0 aromatic carbocycles. The fraction of sp³-hybridized carbons (Fsp3) is 0.333. The van der Waals surface area contributed by atoms with Crippen molar-refractivity contribution in [2.75, 3.05) is 25.6 Å². The Morgan fingerprint density at radius 1 is 1.50 bits per heavy atom. The Bertz CT molecular complexity index is 567. The van der Waals surface area contributed by atoms with E-state index < -0.39 is 0 Å². The first kappa shape index (κ1) is 13.0. The maximum atomic E-state index is 11.7. The first-order valence-electron chi connectivity index (χ1n) is 5.36. The van der Waals surface area contributed by atoms with Gasteiger partial charge in [0.25, 0.3) is 0 Å². The number of rotatable bonds is 4. The molecule has 96 valence electrons. The van der Waals surface area contributed by atoms with Crippen molar-refractivity contribution >= 4 is 43.3 Å². The highest BCUT2D eigenvalue weighted by Gasteiger charge is 2.15. The molecule has 0 amide bonds. The zero-order chi connectivity index (χ0) is 13.3. The van der Waals surface area contributed by atoms with Gasteiger partial charge < -0.3 is 9.64 Å². The summed E-state index contributed by atoms with van der Waals surface area (Å²) in [7, 11) is 3.90. The molecule has 4 nitrogen and oxygen atoms in total. The van der Waals surface area contributed by atoms with Crippen LogP contribution in [-0.2, 0) is 4.74 Å². The van der Waals surface area contributed by atoms with E-state index in [9.17, 15) is 4.79 Å². The quantitative estimate of drug-likeness (QED) is 0.638. The van der Waals surface area contributed by atoms with Gasteiger partial charge in [0.15, 0.2) is 5.13 Å². The minimum absolute atomic E-state index is 0.265. The predicted octanol–water partition coefficient (Wildman–Crippen LogP) is 3.16. The van der Waals surface area contributed by atoms with Gasteiger partial charge >= 0.3 is 5.97 Å². The normalized spacial score (nSPS) is 10.6. The molecule has 2 rings (SSSR count). The molecule has 2 aromatic rings. The van der Waals surface area contributed by atoms with Crippen molar-refractivity contribution in [3.63, 3.8) is 0 Å². The minimum Gasteiger partial charge on any atom is -0.457 e. The lowest BCUT2D eigenvalue weighted by Crippen LogP contribution is -2.07. The second-order valence-corrected chi connectivity index (χ2v) is 6.24. The summed E-state index contributed by atoms with van der Waals surface area (Å²) in [4.78, 5) is 19.6. The Hall–Kier alpha value is -1.40. The molecule has 0 saturated heterocycles. The van der Waals surface area contributed by atoms with Crippen molar-refractivity contribution in [1.29, 1.82) is 0 Å². The largest absolute Gasteiger partial charge is 0.457 e. The summed E-state index contributed by atoms with van der Waals surface area (Å²) >= 11 is 2.93. The first-order valence-corrected chi connectivity index (χ1v) is 7.00. The van der Waals surface area contributed by atoms with E-state index >= 15 is 0 Å². The van der Waals surface area contributed by atoms with Gasteiger partial charge in [-0.15, -0.1) is 11.3 Å². The molecule has 0 saturated carbocycles. The van der Waals surface area contributed by atoms with Gasteiger partial charge in [-0.3, -0.25) is 0 Å². The van der Waals surface area contributed by atoms with Crippen LogP contribution in [0.3, 0.4) is 0 Å². The predicted molar refractivity (Wildman–Crippen MR) is 76.9 cm³/mol. The highest BCUT2D eigenvalue weighted by Crippen LogP contribution is 2.34. The Kier molecular flexibility index (Phi) is 3.68. The van der Waals surface area contributed by atoms with Gasteiger partial charge in [0.1, 0.15) is 16.3 Å². The highest BCUT2D eigenvalue weighted by atomic mass is 32.1. The fourth-order valence-electron chi connectivity index (χ4n) is 1.28. The number of carbonyl (C=O) groups excluding carboxylic acids is 1. The monoisotopic (exact) mass is 282 g/mol. The molecular weight excluding hydrogens is 268 g/mol. The molecule has 0 aliphatic rings. The second-order valence-electron chi connectivity index (χ2n) is 4.20. The van der Waals surface area contributed by atoms with E-state index in [1.807, 2.05) is 32.0 Å². The molecule has 0 atom stereocenters. The molecule has 18 heavy (non-hydrogen) atoms. The first-order chi connectivity index (χ1) is 8.47. The summed E-state index contributed by atoms with van der Waals surface area (Å²) in [5, 5.41) is 0.943. The number of anilines is 1. The number of carbonyl (C=O) groups is 1. The number of esters is 1. The van der Waals surface area contributed by atoms with Crippen molar-refractivity contribution in [3.05, 3.63) is 23.1 Å². The van der Waals surface area contributed by atoms with Gasteiger partial charge in [-0.1, -0.05) is 17.9 Å². The van der Waals surface area contributed by atoms with E-state index in [4.69, 9.17) is 4.74 Å². The molecule has 0 N–H and O–H groups in total. The third-order valence-electron chi connectivity index (χ3n) is 2.11. The zero-order valence-electron chi connectivity index (χ0n) is 10.5. The molecule has 6 heteroatoms. The van der Waals surface area contributed by atoms with Crippen molar-refractivity contribution in [3.8, 4) is 0 Å². The standard InChI is InChI=1S/C12H14N2O2S2/c1-7(2)6-16-11(15)9-5-8-10(17-9)13-12(18-8)14(3)4/h5H,1,6H2,2-4H3. The number of aromatic nitrogens is 1. The fourth-order valence-corrected chi connectivity index (χ4v) is 3.30. The van der Waals surface area contributed by atoms with Crippen molar-refractivity contribution in [2.45, 2.75) is 6.92 Å². The van der Waals surface area contributed by atoms with Crippen LogP contribution in [0.2, 0.25) is 0 Å². The Balaban J connectivity index is 2.18. The van der Waals surface area contributed by atoms with Crippen LogP contribution in [0.5, 0.6) is 0 Å². The Morgan fingerprint density at radius 3 is 2.78 bits per heavy atom. The van der Waals surface area contributed by atoms with Crippen LogP contribution in [-0.4, -0.2) is 31.7 Å². The molecule has 0 radical (unpaired) electrons. The number of fused-ring (bicyclic) bond motifs is 1. The molecule has 2 aromatic heterocycles. The van der Waals surface area contributed by atoms with Crippen LogP contribution in [0.25, 0.3) is 9.53 Å². The van der Waals surface area contributed by atoms with Gasteiger partial charge in [0.2, 0.25) is 0 Å². The number of thiophene rings is 1.